The number of rotatable bonds is 6. The van der Waals surface area contributed by atoms with Gasteiger partial charge in [-0.3, -0.25) is 4.90 Å². The first kappa shape index (κ1) is 16.1. The minimum atomic E-state index is 0. The van der Waals surface area contributed by atoms with Gasteiger partial charge in [-0.05, 0) is 43.7 Å². The van der Waals surface area contributed by atoms with Crippen molar-refractivity contribution < 1.29 is 9.47 Å². The maximum Gasteiger partial charge on any atom is 0.119 e. The van der Waals surface area contributed by atoms with Gasteiger partial charge in [0.15, 0.2) is 0 Å². The zero-order valence-corrected chi connectivity index (χ0v) is 12.2. The van der Waals surface area contributed by atoms with E-state index in [1.165, 1.54) is 12.8 Å². The van der Waals surface area contributed by atoms with Crippen molar-refractivity contribution in [2.24, 2.45) is 5.73 Å². The van der Waals surface area contributed by atoms with Gasteiger partial charge in [0.2, 0.25) is 0 Å². The maximum absolute atomic E-state index is 5.74. The van der Waals surface area contributed by atoms with Gasteiger partial charge >= 0.3 is 0 Å². The SMILES string of the molecule is COc1ccc(OCCN2CCCC2CN)cc1.Cl. The van der Waals surface area contributed by atoms with Crippen LogP contribution in [0, 0.1) is 0 Å². The molecular weight excluding hydrogens is 264 g/mol. The highest BCUT2D eigenvalue weighted by Gasteiger charge is 2.22. The highest BCUT2D eigenvalue weighted by atomic mass is 35.5. The highest BCUT2D eigenvalue weighted by molar-refractivity contribution is 5.85. The fourth-order valence-electron chi connectivity index (χ4n) is 2.41. The van der Waals surface area contributed by atoms with Crippen LogP contribution in [0.5, 0.6) is 11.5 Å². The largest absolute Gasteiger partial charge is 0.497 e. The van der Waals surface area contributed by atoms with Crippen LogP contribution in [-0.2, 0) is 0 Å². The zero-order valence-electron chi connectivity index (χ0n) is 11.4. The molecule has 1 aliphatic rings. The van der Waals surface area contributed by atoms with Gasteiger partial charge in [-0.2, -0.15) is 0 Å². The molecule has 0 spiro atoms. The van der Waals surface area contributed by atoms with Crippen LogP contribution in [0.2, 0.25) is 0 Å². The molecule has 108 valence electrons. The van der Waals surface area contributed by atoms with Crippen molar-refractivity contribution in [3.8, 4) is 11.5 Å². The summed E-state index contributed by atoms with van der Waals surface area (Å²) in [4.78, 5) is 2.42. The lowest BCUT2D eigenvalue weighted by atomic mass is 10.2. The molecule has 0 amide bonds. The van der Waals surface area contributed by atoms with Gasteiger partial charge in [0.05, 0.1) is 7.11 Å². The Balaban J connectivity index is 0.00000180. The first-order valence-electron chi connectivity index (χ1n) is 6.54. The van der Waals surface area contributed by atoms with Crippen molar-refractivity contribution in [1.29, 1.82) is 0 Å². The second-order valence-corrected chi connectivity index (χ2v) is 4.59. The molecule has 1 aromatic rings. The van der Waals surface area contributed by atoms with Crippen LogP contribution in [0.3, 0.4) is 0 Å². The van der Waals surface area contributed by atoms with E-state index in [1.807, 2.05) is 24.3 Å². The van der Waals surface area contributed by atoms with Gasteiger partial charge in [-0.1, -0.05) is 0 Å². The smallest absolute Gasteiger partial charge is 0.119 e. The summed E-state index contributed by atoms with van der Waals surface area (Å²) in [5.74, 6) is 1.74. The number of nitrogens with two attached hydrogens (primary N) is 1. The second kappa shape index (κ2) is 8.25. The first-order valence-corrected chi connectivity index (χ1v) is 6.54. The number of nitrogens with zero attached hydrogens (tertiary/aromatic N) is 1. The number of ether oxygens (including phenoxy) is 2. The van der Waals surface area contributed by atoms with E-state index in [0.717, 1.165) is 31.1 Å². The molecule has 1 atom stereocenters. The van der Waals surface area contributed by atoms with Gasteiger partial charge in [-0.15, -0.1) is 12.4 Å². The average Bonchev–Trinajstić information content (AvgIpc) is 2.87. The molecule has 0 aromatic heterocycles. The van der Waals surface area contributed by atoms with Crippen molar-refractivity contribution in [1.82, 2.24) is 4.90 Å². The Labute approximate surface area is 121 Å². The quantitative estimate of drug-likeness (QED) is 0.868. The zero-order chi connectivity index (χ0) is 12.8. The third-order valence-electron chi connectivity index (χ3n) is 3.48. The molecule has 1 aliphatic heterocycles. The lowest BCUT2D eigenvalue weighted by Crippen LogP contribution is -2.37. The lowest BCUT2D eigenvalue weighted by Gasteiger charge is -2.22. The normalized spacial score (nSPS) is 18.9. The molecule has 1 fully saturated rings. The Hall–Kier alpha value is -0.970. The molecule has 2 N–H and O–H groups in total. The Morgan fingerprint density at radius 2 is 1.95 bits per heavy atom. The van der Waals surface area contributed by atoms with E-state index in [1.54, 1.807) is 7.11 Å². The van der Waals surface area contributed by atoms with Crippen LogP contribution in [0.4, 0.5) is 0 Å². The fourth-order valence-corrected chi connectivity index (χ4v) is 2.41. The Morgan fingerprint density at radius 3 is 2.58 bits per heavy atom. The summed E-state index contributed by atoms with van der Waals surface area (Å²) in [5, 5.41) is 0. The van der Waals surface area contributed by atoms with E-state index >= 15 is 0 Å². The Bertz CT molecular complexity index is 359. The van der Waals surface area contributed by atoms with Crippen LogP contribution >= 0.6 is 12.4 Å². The molecule has 0 aliphatic carbocycles. The minimum absolute atomic E-state index is 0. The Kier molecular flexibility index (Phi) is 6.99. The molecule has 2 rings (SSSR count). The van der Waals surface area contributed by atoms with E-state index < -0.39 is 0 Å². The highest BCUT2D eigenvalue weighted by Crippen LogP contribution is 2.18. The molecule has 4 nitrogen and oxygen atoms in total. The molecule has 0 bridgehead atoms. The van der Waals surface area contributed by atoms with Crippen molar-refractivity contribution >= 4 is 12.4 Å². The summed E-state index contributed by atoms with van der Waals surface area (Å²) in [7, 11) is 1.66. The first-order chi connectivity index (χ1) is 8.83. The fraction of sp³-hybridized carbons (Fsp3) is 0.571. The summed E-state index contributed by atoms with van der Waals surface area (Å²) in [6, 6.07) is 8.23. The average molecular weight is 287 g/mol. The van der Waals surface area contributed by atoms with Crippen LogP contribution in [0.15, 0.2) is 24.3 Å². The molecule has 1 saturated heterocycles. The van der Waals surface area contributed by atoms with Gasteiger partial charge < -0.3 is 15.2 Å². The lowest BCUT2D eigenvalue weighted by molar-refractivity contribution is 0.199. The summed E-state index contributed by atoms with van der Waals surface area (Å²) in [5.41, 5.74) is 5.74. The second-order valence-electron chi connectivity index (χ2n) is 4.59. The van der Waals surface area contributed by atoms with Gasteiger partial charge in [0.1, 0.15) is 18.1 Å². The number of hydrogen-bond donors (Lipinski definition) is 1. The molecule has 0 saturated carbocycles. The van der Waals surface area contributed by atoms with Crippen LogP contribution in [0.25, 0.3) is 0 Å². The number of halogens is 1. The van der Waals surface area contributed by atoms with Crippen molar-refractivity contribution in [2.45, 2.75) is 18.9 Å². The predicted molar refractivity (Wildman–Crippen MR) is 79.4 cm³/mol. The number of hydrogen-bond acceptors (Lipinski definition) is 4. The number of benzene rings is 1. The van der Waals surface area contributed by atoms with Gasteiger partial charge in [0, 0.05) is 19.1 Å². The standard InChI is InChI=1S/C14H22N2O2.ClH/c1-17-13-4-6-14(7-5-13)18-10-9-16-8-2-3-12(16)11-15;/h4-7,12H,2-3,8-11,15H2,1H3;1H. The topological polar surface area (TPSA) is 47.7 Å². The van der Waals surface area contributed by atoms with Crippen LogP contribution in [0.1, 0.15) is 12.8 Å². The predicted octanol–water partition coefficient (Wildman–Crippen LogP) is 1.92. The third-order valence-corrected chi connectivity index (χ3v) is 3.48. The van der Waals surface area contributed by atoms with Gasteiger partial charge in [-0.25, -0.2) is 0 Å². The third kappa shape index (κ3) is 4.56. The molecule has 5 heteroatoms. The summed E-state index contributed by atoms with van der Waals surface area (Å²) in [6.07, 6.45) is 2.48. The number of methoxy groups -OCH3 is 1. The molecule has 1 aromatic carbocycles. The van der Waals surface area contributed by atoms with Crippen LogP contribution in [-0.4, -0.2) is 44.3 Å². The Morgan fingerprint density at radius 1 is 1.26 bits per heavy atom. The summed E-state index contributed by atoms with van der Waals surface area (Å²) in [6.45, 7) is 3.56. The minimum Gasteiger partial charge on any atom is -0.497 e. The van der Waals surface area contributed by atoms with E-state index in [2.05, 4.69) is 4.90 Å². The van der Waals surface area contributed by atoms with Crippen molar-refractivity contribution in [3.05, 3.63) is 24.3 Å². The molecule has 0 radical (unpaired) electrons. The van der Waals surface area contributed by atoms with E-state index in [0.29, 0.717) is 12.6 Å². The van der Waals surface area contributed by atoms with Crippen molar-refractivity contribution in [3.63, 3.8) is 0 Å². The van der Waals surface area contributed by atoms with E-state index in [4.69, 9.17) is 15.2 Å². The van der Waals surface area contributed by atoms with Crippen LogP contribution < -0.4 is 15.2 Å². The summed E-state index contributed by atoms with van der Waals surface area (Å²) < 4.78 is 10.8. The van der Waals surface area contributed by atoms with E-state index in [-0.39, 0.29) is 12.4 Å². The monoisotopic (exact) mass is 286 g/mol. The van der Waals surface area contributed by atoms with Gasteiger partial charge in [0.25, 0.3) is 0 Å². The molecule has 19 heavy (non-hydrogen) atoms. The molecule has 1 unspecified atom stereocenters. The number of likely N-dealkylation sites (tertiary alicyclic amines) is 1. The maximum atomic E-state index is 5.74. The molecular formula is C14H23ClN2O2. The van der Waals surface area contributed by atoms with Crippen molar-refractivity contribution in [2.75, 3.05) is 33.4 Å². The summed E-state index contributed by atoms with van der Waals surface area (Å²) >= 11 is 0. The molecule has 1 heterocycles. The van der Waals surface area contributed by atoms with E-state index in [9.17, 15) is 0 Å².